The van der Waals surface area contributed by atoms with Crippen molar-refractivity contribution in [3.8, 4) is 5.75 Å². The largest absolute Gasteiger partial charge is 0.507 e. The molecule has 0 saturated carbocycles. The highest BCUT2D eigenvalue weighted by Gasteiger charge is 2.16. The van der Waals surface area contributed by atoms with Crippen LogP contribution in [-0.4, -0.2) is 5.11 Å². The number of aromatic hydroxyl groups is 1. The standard InChI is InChI=1S/C24H16O3/c25-23-20(14-15-9-10-16-5-1-2-7-18(16)13-15)24(26)27-21-12-11-17-6-3-4-8-19(17)22(21)23/h1-13,25H,14H2. The molecule has 0 fully saturated rings. The average Bonchev–Trinajstić information content (AvgIpc) is 2.70. The van der Waals surface area contributed by atoms with Gasteiger partial charge in [0.2, 0.25) is 0 Å². The lowest BCUT2D eigenvalue weighted by Crippen LogP contribution is -2.08. The van der Waals surface area contributed by atoms with E-state index in [0.717, 1.165) is 27.1 Å². The Kier molecular flexibility index (Phi) is 3.47. The van der Waals surface area contributed by atoms with Crippen molar-refractivity contribution in [3.05, 3.63) is 100 Å². The van der Waals surface area contributed by atoms with E-state index >= 15 is 0 Å². The van der Waals surface area contributed by atoms with Crippen LogP contribution in [0.5, 0.6) is 5.75 Å². The van der Waals surface area contributed by atoms with E-state index in [0.29, 0.717) is 17.4 Å². The van der Waals surface area contributed by atoms with E-state index in [4.69, 9.17) is 4.42 Å². The van der Waals surface area contributed by atoms with Crippen molar-refractivity contribution in [1.29, 1.82) is 0 Å². The van der Waals surface area contributed by atoms with Gasteiger partial charge < -0.3 is 9.52 Å². The molecule has 0 saturated heterocycles. The van der Waals surface area contributed by atoms with Gasteiger partial charge in [-0.3, -0.25) is 0 Å². The number of hydrogen-bond acceptors (Lipinski definition) is 3. The van der Waals surface area contributed by atoms with Crippen molar-refractivity contribution >= 4 is 32.5 Å². The van der Waals surface area contributed by atoms with Crippen LogP contribution in [0.3, 0.4) is 0 Å². The quantitative estimate of drug-likeness (QED) is 0.342. The lowest BCUT2D eigenvalue weighted by Gasteiger charge is -2.09. The molecule has 0 radical (unpaired) electrons. The zero-order valence-corrected chi connectivity index (χ0v) is 14.5. The monoisotopic (exact) mass is 352 g/mol. The molecular weight excluding hydrogens is 336 g/mol. The van der Waals surface area contributed by atoms with Crippen molar-refractivity contribution in [3.63, 3.8) is 0 Å². The van der Waals surface area contributed by atoms with Gasteiger partial charge in [-0.1, -0.05) is 72.8 Å². The minimum Gasteiger partial charge on any atom is -0.507 e. The number of hydrogen-bond donors (Lipinski definition) is 1. The van der Waals surface area contributed by atoms with E-state index in [-0.39, 0.29) is 11.3 Å². The topological polar surface area (TPSA) is 50.4 Å². The molecule has 0 aliphatic carbocycles. The Morgan fingerprint density at radius 1 is 0.778 bits per heavy atom. The van der Waals surface area contributed by atoms with Crippen LogP contribution in [0.2, 0.25) is 0 Å². The molecule has 1 aromatic heterocycles. The van der Waals surface area contributed by atoms with E-state index < -0.39 is 5.63 Å². The zero-order chi connectivity index (χ0) is 18.4. The van der Waals surface area contributed by atoms with Crippen LogP contribution in [0.4, 0.5) is 0 Å². The van der Waals surface area contributed by atoms with E-state index in [2.05, 4.69) is 0 Å². The van der Waals surface area contributed by atoms with Gasteiger partial charge in [-0.2, -0.15) is 0 Å². The maximum absolute atomic E-state index is 12.5. The Hall–Kier alpha value is -3.59. The third-order valence-electron chi connectivity index (χ3n) is 5.06. The molecule has 5 aromatic rings. The second kappa shape index (κ2) is 5.99. The summed E-state index contributed by atoms with van der Waals surface area (Å²) in [5.41, 5.74) is 1.15. The molecular formula is C24H16O3. The molecule has 1 N–H and O–H groups in total. The van der Waals surface area contributed by atoms with Gasteiger partial charge >= 0.3 is 5.63 Å². The zero-order valence-electron chi connectivity index (χ0n) is 14.5. The molecule has 5 rings (SSSR count). The van der Waals surface area contributed by atoms with E-state index in [1.165, 1.54) is 0 Å². The van der Waals surface area contributed by atoms with Crippen molar-refractivity contribution < 1.29 is 9.52 Å². The van der Waals surface area contributed by atoms with Gasteiger partial charge in [-0.15, -0.1) is 0 Å². The summed E-state index contributed by atoms with van der Waals surface area (Å²) < 4.78 is 5.53. The second-order valence-corrected chi connectivity index (χ2v) is 6.73. The summed E-state index contributed by atoms with van der Waals surface area (Å²) in [7, 11) is 0. The smallest absolute Gasteiger partial charge is 0.343 e. The Labute approximate surface area is 155 Å². The molecule has 0 bridgehead atoms. The fourth-order valence-electron chi connectivity index (χ4n) is 3.70. The Morgan fingerprint density at radius 2 is 1.48 bits per heavy atom. The third-order valence-corrected chi connectivity index (χ3v) is 5.06. The molecule has 130 valence electrons. The second-order valence-electron chi connectivity index (χ2n) is 6.73. The molecule has 0 unspecified atom stereocenters. The van der Waals surface area contributed by atoms with Crippen LogP contribution >= 0.6 is 0 Å². The number of benzene rings is 4. The number of fused-ring (bicyclic) bond motifs is 4. The van der Waals surface area contributed by atoms with Crippen molar-refractivity contribution in [1.82, 2.24) is 0 Å². The summed E-state index contributed by atoms with van der Waals surface area (Å²) >= 11 is 0. The Morgan fingerprint density at radius 3 is 2.33 bits per heavy atom. The van der Waals surface area contributed by atoms with Gasteiger partial charge in [0.25, 0.3) is 0 Å². The molecule has 0 atom stereocenters. The SMILES string of the molecule is O=c1oc2ccc3ccccc3c2c(O)c1Cc1ccc2ccccc2c1. The summed E-state index contributed by atoms with van der Waals surface area (Å²) in [6.07, 6.45) is 0.318. The number of rotatable bonds is 2. The van der Waals surface area contributed by atoms with Crippen LogP contribution in [0.25, 0.3) is 32.5 Å². The first-order chi connectivity index (χ1) is 13.2. The summed E-state index contributed by atoms with van der Waals surface area (Å²) in [6, 6.07) is 25.5. The average molecular weight is 352 g/mol. The van der Waals surface area contributed by atoms with Gasteiger partial charge in [0.15, 0.2) is 0 Å². The Bertz CT molecular complexity index is 1380. The first-order valence-corrected chi connectivity index (χ1v) is 8.85. The molecule has 1 heterocycles. The van der Waals surface area contributed by atoms with Crippen LogP contribution in [0.15, 0.2) is 88.1 Å². The summed E-state index contributed by atoms with van der Waals surface area (Å²) in [6.45, 7) is 0. The van der Waals surface area contributed by atoms with E-state index in [1.54, 1.807) is 6.07 Å². The van der Waals surface area contributed by atoms with E-state index in [1.807, 2.05) is 72.8 Å². The first kappa shape index (κ1) is 15.6. The third kappa shape index (κ3) is 2.56. The first-order valence-electron chi connectivity index (χ1n) is 8.85. The fourth-order valence-corrected chi connectivity index (χ4v) is 3.70. The molecule has 3 heteroatoms. The predicted octanol–water partition coefficient (Wildman–Crippen LogP) is 5.40. The van der Waals surface area contributed by atoms with Gasteiger partial charge in [0, 0.05) is 6.42 Å². The highest BCUT2D eigenvalue weighted by atomic mass is 16.4. The van der Waals surface area contributed by atoms with Gasteiger partial charge in [0.1, 0.15) is 11.3 Å². The molecule has 0 amide bonds. The van der Waals surface area contributed by atoms with Crippen molar-refractivity contribution in [2.24, 2.45) is 0 Å². The summed E-state index contributed by atoms with van der Waals surface area (Å²) in [5, 5.41) is 15.6. The van der Waals surface area contributed by atoms with Crippen LogP contribution < -0.4 is 5.63 Å². The fraction of sp³-hybridized carbons (Fsp3) is 0.0417. The molecule has 0 aliphatic heterocycles. The maximum Gasteiger partial charge on any atom is 0.343 e. The van der Waals surface area contributed by atoms with Crippen molar-refractivity contribution in [2.75, 3.05) is 0 Å². The highest BCUT2D eigenvalue weighted by Crippen LogP contribution is 2.34. The van der Waals surface area contributed by atoms with Crippen molar-refractivity contribution in [2.45, 2.75) is 6.42 Å². The summed E-state index contributed by atoms with van der Waals surface area (Å²) in [5.74, 6) is 0.00575. The lowest BCUT2D eigenvalue weighted by atomic mass is 9.99. The maximum atomic E-state index is 12.5. The molecule has 27 heavy (non-hydrogen) atoms. The van der Waals surface area contributed by atoms with Crippen LogP contribution in [0, 0.1) is 0 Å². The Balaban J connectivity index is 1.72. The van der Waals surface area contributed by atoms with Gasteiger partial charge in [-0.25, -0.2) is 4.79 Å². The lowest BCUT2D eigenvalue weighted by molar-refractivity contribution is 0.459. The predicted molar refractivity (Wildman–Crippen MR) is 108 cm³/mol. The summed E-state index contributed by atoms with van der Waals surface area (Å²) in [4.78, 5) is 12.5. The minimum absolute atomic E-state index is 0.00575. The van der Waals surface area contributed by atoms with Gasteiger partial charge in [-0.05, 0) is 33.2 Å². The van der Waals surface area contributed by atoms with E-state index in [9.17, 15) is 9.90 Å². The molecule has 0 spiro atoms. The minimum atomic E-state index is -0.497. The molecule has 3 nitrogen and oxygen atoms in total. The van der Waals surface area contributed by atoms with Crippen LogP contribution in [-0.2, 0) is 6.42 Å². The highest BCUT2D eigenvalue weighted by molar-refractivity contribution is 6.08. The molecule has 4 aromatic carbocycles. The molecule has 0 aliphatic rings. The normalized spacial score (nSPS) is 11.4. The van der Waals surface area contributed by atoms with Crippen LogP contribution in [0.1, 0.15) is 11.1 Å². The van der Waals surface area contributed by atoms with Gasteiger partial charge in [0.05, 0.1) is 10.9 Å².